The van der Waals surface area contributed by atoms with Gasteiger partial charge in [-0.1, -0.05) is 98.6 Å². The van der Waals surface area contributed by atoms with Gasteiger partial charge in [0.2, 0.25) is 59.1 Å². The van der Waals surface area contributed by atoms with Crippen LogP contribution in [-0.2, 0) is 65.7 Å². The van der Waals surface area contributed by atoms with Crippen LogP contribution in [0.25, 0.3) is 10.9 Å². The number of nitrogens with two attached hydrogens (primary N) is 2. The molecule has 2 fully saturated rings. The zero-order chi connectivity index (χ0) is 59.8. The molecule has 2 aliphatic rings. The Morgan fingerprint density at radius 1 is 0.723 bits per heavy atom. The largest absolute Gasteiger partial charge is 0.374 e. The van der Waals surface area contributed by atoms with Crippen molar-refractivity contribution in [2.75, 3.05) is 26.2 Å². The standard InChI is InChI=1S/C58H78N14O11/c1-3-4-24-47-56(81)65-39(32-72(47)35(2)73)25-26-48(74)66-45-30-49(75)62-27-14-13-22-42(51(59)76)67-53(78)44(29-38-31-64-41-21-12-11-20-40(38)41)69-52(77)43(23-15-28-63-58(60)61)68-57(82)50(37-18-9-6-10-19-37)71-55(80)46(70-54(45)79)34-83-33-36-16-7-5-8-17-36/h5-12,16-21,31,39,42-47,50,64H,3-4,13-15,22-30,32-34H2,1-2H3,(H2,59,76)(H,62,75)(H,65,81)(H,66,74)(H,67,78)(H,68,82)(H,69,77)(H,70,79)(H,71,80)(H4,60,61,63)/t39-,42-,43-,44-,45-,46-,47-,50?/m0/s1. The number of amides is 10. The normalized spacial score (nSPS) is 22.8. The first-order valence-electron chi connectivity index (χ1n) is 28.1. The van der Waals surface area contributed by atoms with E-state index in [9.17, 15) is 47.9 Å². The average Bonchev–Trinajstić information content (AvgIpc) is 4.18. The van der Waals surface area contributed by atoms with Gasteiger partial charge in [-0.3, -0.25) is 53.4 Å². The molecule has 446 valence electrons. The molecule has 6 rings (SSSR count). The van der Waals surface area contributed by atoms with E-state index in [4.69, 9.17) is 21.6 Å². The highest BCUT2D eigenvalue weighted by Gasteiger charge is 2.38. The van der Waals surface area contributed by atoms with Crippen LogP contribution in [0, 0.1) is 5.41 Å². The number of H-pyrrole nitrogens is 1. The maximum atomic E-state index is 14.8. The summed E-state index contributed by atoms with van der Waals surface area (Å²) in [4.78, 5) is 144. The zero-order valence-corrected chi connectivity index (χ0v) is 46.9. The monoisotopic (exact) mass is 1150 g/mol. The Bertz CT molecular complexity index is 2910. The molecule has 4 aromatic rings. The van der Waals surface area contributed by atoms with Crippen molar-refractivity contribution in [2.24, 2.45) is 11.5 Å². The Kier molecular flexibility index (Phi) is 24.4. The summed E-state index contributed by atoms with van der Waals surface area (Å²) in [5, 5.41) is 32.9. The number of rotatable bonds is 19. The molecule has 83 heavy (non-hydrogen) atoms. The fourth-order valence-electron chi connectivity index (χ4n) is 9.91. The van der Waals surface area contributed by atoms with Crippen LogP contribution in [0.15, 0.2) is 91.1 Å². The number of primary amides is 1. The number of guanidine groups is 1. The summed E-state index contributed by atoms with van der Waals surface area (Å²) >= 11 is 0. The topological polar surface area (TPSA) is 383 Å². The Morgan fingerprint density at radius 3 is 2.11 bits per heavy atom. The number of hydrogen-bond donors (Lipinski definition) is 13. The predicted octanol–water partition coefficient (Wildman–Crippen LogP) is 0.333. The summed E-state index contributed by atoms with van der Waals surface area (Å²) in [7, 11) is 0. The zero-order valence-electron chi connectivity index (χ0n) is 46.9. The van der Waals surface area contributed by atoms with E-state index in [-0.39, 0.29) is 101 Å². The fraction of sp³-hybridized carbons (Fsp3) is 0.466. The fourth-order valence-corrected chi connectivity index (χ4v) is 9.91. The molecule has 0 radical (unpaired) electrons. The summed E-state index contributed by atoms with van der Waals surface area (Å²) in [5.74, 6) is -7.56. The van der Waals surface area contributed by atoms with E-state index in [0.717, 1.165) is 29.3 Å². The molecule has 3 heterocycles. The van der Waals surface area contributed by atoms with Gasteiger partial charge in [0.1, 0.15) is 42.3 Å². The molecule has 1 aromatic heterocycles. The molecule has 0 bridgehead atoms. The maximum absolute atomic E-state index is 14.8. The van der Waals surface area contributed by atoms with E-state index in [1.54, 1.807) is 60.8 Å². The number of piperazine rings is 1. The number of nitrogens with zero attached hydrogens (tertiary/aromatic N) is 1. The molecule has 3 aromatic carbocycles. The summed E-state index contributed by atoms with van der Waals surface area (Å²) in [6.07, 6.45) is 3.47. The van der Waals surface area contributed by atoms with Crippen molar-refractivity contribution in [1.29, 1.82) is 5.41 Å². The third kappa shape index (κ3) is 19.7. The van der Waals surface area contributed by atoms with Gasteiger partial charge in [0, 0.05) is 62.5 Å². The lowest BCUT2D eigenvalue weighted by Gasteiger charge is -2.39. The second-order valence-corrected chi connectivity index (χ2v) is 20.8. The number of fused-ring (bicyclic) bond motifs is 1. The molecule has 2 saturated heterocycles. The number of ether oxygens (including phenoxy) is 1. The number of benzene rings is 3. The summed E-state index contributed by atoms with van der Waals surface area (Å²) in [6.45, 7) is 3.15. The summed E-state index contributed by atoms with van der Waals surface area (Å²) < 4.78 is 6.00. The van der Waals surface area contributed by atoms with Gasteiger partial charge in [0.25, 0.3) is 0 Å². The number of para-hydroxylation sites is 1. The molecule has 25 heteroatoms. The third-order valence-electron chi connectivity index (χ3n) is 14.4. The molecule has 8 atom stereocenters. The van der Waals surface area contributed by atoms with Crippen LogP contribution in [0.1, 0.15) is 107 Å². The highest BCUT2D eigenvalue weighted by Crippen LogP contribution is 2.21. The van der Waals surface area contributed by atoms with E-state index in [0.29, 0.717) is 12.0 Å². The van der Waals surface area contributed by atoms with Gasteiger partial charge in [-0.2, -0.15) is 0 Å². The van der Waals surface area contributed by atoms with Crippen molar-refractivity contribution < 1.29 is 52.7 Å². The second kappa shape index (κ2) is 31.9. The van der Waals surface area contributed by atoms with Gasteiger partial charge in [-0.15, -0.1) is 0 Å². The van der Waals surface area contributed by atoms with Crippen molar-refractivity contribution in [3.05, 3.63) is 108 Å². The van der Waals surface area contributed by atoms with Crippen molar-refractivity contribution in [3.63, 3.8) is 0 Å². The molecule has 10 amide bonds. The van der Waals surface area contributed by atoms with Gasteiger partial charge < -0.3 is 73.9 Å². The van der Waals surface area contributed by atoms with Gasteiger partial charge in [0.05, 0.1) is 19.6 Å². The Balaban J connectivity index is 1.32. The van der Waals surface area contributed by atoms with E-state index < -0.39 is 109 Å². The van der Waals surface area contributed by atoms with Crippen LogP contribution in [0.5, 0.6) is 0 Å². The number of carbonyl (C=O) groups excluding carboxylic acids is 10. The van der Waals surface area contributed by atoms with Crippen molar-refractivity contribution in [3.8, 4) is 0 Å². The number of hydrogen-bond acceptors (Lipinski definition) is 12. The van der Waals surface area contributed by atoms with E-state index >= 15 is 0 Å². The molecular formula is C58H78N14O11. The first kappa shape index (κ1) is 63.3. The minimum absolute atomic E-state index is 0.0153. The van der Waals surface area contributed by atoms with Crippen LogP contribution in [-0.4, -0.2) is 143 Å². The van der Waals surface area contributed by atoms with E-state index in [1.165, 1.54) is 11.8 Å². The van der Waals surface area contributed by atoms with Gasteiger partial charge >= 0.3 is 0 Å². The number of aromatic nitrogens is 1. The van der Waals surface area contributed by atoms with Crippen LogP contribution in [0.3, 0.4) is 0 Å². The summed E-state index contributed by atoms with van der Waals surface area (Å²) in [5.41, 5.74) is 13.8. The highest BCUT2D eigenvalue weighted by atomic mass is 16.5. The molecule has 0 spiro atoms. The molecular weight excluding hydrogens is 1070 g/mol. The highest BCUT2D eigenvalue weighted by molar-refractivity contribution is 5.99. The second-order valence-electron chi connectivity index (χ2n) is 20.8. The smallest absolute Gasteiger partial charge is 0.247 e. The SMILES string of the molecule is CCCC[C@H]1C(=O)N[C@@H](CCC(=O)N[C@H]2CC(=O)NCCCC[C@@H](C(N)=O)NC(=O)[C@H](Cc3c[nH]c4ccccc34)NC(=O)[C@H](CCCNC(=N)N)NC(=O)C(c3ccccc3)NC(=O)[C@H](COCc3ccccc3)NC2=O)CN1C(C)=O. The van der Waals surface area contributed by atoms with E-state index in [1.807, 2.05) is 37.3 Å². The Labute approximate surface area is 481 Å². The molecule has 0 saturated carbocycles. The number of aromatic amines is 1. The quantitative estimate of drug-likeness (QED) is 0.0343. The van der Waals surface area contributed by atoms with Crippen molar-refractivity contribution in [1.82, 2.24) is 57.7 Å². The van der Waals surface area contributed by atoms with Crippen LogP contribution < -0.4 is 59.3 Å². The molecule has 2 aliphatic heterocycles. The van der Waals surface area contributed by atoms with Crippen LogP contribution in [0.4, 0.5) is 0 Å². The number of nitrogens with one attached hydrogen (secondary N) is 11. The number of unbranched alkanes of at least 4 members (excludes halogenated alkanes) is 1. The van der Waals surface area contributed by atoms with Crippen LogP contribution in [0.2, 0.25) is 0 Å². The molecule has 15 N–H and O–H groups in total. The van der Waals surface area contributed by atoms with Gasteiger partial charge in [-0.05, 0) is 67.7 Å². The molecule has 25 nitrogen and oxygen atoms in total. The van der Waals surface area contributed by atoms with Gasteiger partial charge in [-0.25, -0.2) is 0 Å². The Hall–Kier alpha value is -8.87. The molecule has 0 aliphatic carbocycles. The van der Waals surface area contributed by atoms with Gasteiger partial charge in [0.15, 0.2) is 5.96 Å². The van der Waals surface area contributed by atoms with E-state index in [2.05, 4.69) is 52.8 Å². The predicted molar refractivity (Wildman–Crippen MR) is 307 cm³/mol. The van der Waals surface area contributed by atoms with Crippen molar-refractivity contribution in [2.45, 2.75) is 146 Å². The Morgan fingerprint density at radius 2 is 1.40 bits per heavy atom. The lowest BCUT2D eigenvalue weighted by atomic mass is 10.00. The van der Waals surface area contributed by atoms with Crippen molar-refractivity contribution >= 4 is 75.9 Å². The lowest BCUT2D eigenvalue weighted by Crippen LogP contribution is -2.61. The first-order valence-corrected chi connectivity index (χ1v) is 28.1. The third-order valence-corrected chi connectivity index (χ3v) is 14.4. The number of carbonyl (C=O) groups is 10. The minimum Gasteiger partial charge on any atom is -0.374 e. The maximum Gasteiger partial charge on any atom is 0.247 e. The first-order chi connectivity index (χ1) is 39.9. The molecule has 1 unspecified atom stereocenters. The average molecular weight is 1150 g/mol. The van der Waals surface area contributed by atoms with Crippen LogP contribution >= 0.6 is 0 Å². The minimum atomic E-state index is -1.60. The summed E-state index contributed by atoms with van der Waals surface area (Å²) in [6, 6.07) is 14.4. The lowest BCUT2D eigenvalue weighted by molar-refractivity contribution is -0.144.